The van der Waals surface area contributed by atoms with Crippen molar-refractivity contribution < 1.29 is 25.2 Å². The Morgan fingerprint density at radius 3 is 2.20 bits per heavy atom. The average molecular weight is 299 g/mol. The molecule has 1 aliphatic rings. The van der Waals surface area contributed by atoms with Gasteiger partial charge in [0, 0.05) is 0 Å². The van der Waals surface area contributed by atoms with Gasteiger partial charge in [0.25, 0.3) is 0 Å². The second kappa shape index (κ2) is 8.18. The summed E-state index contributed by atoms with van der Waals surface area (Å²) in [7, 11) is 0. The summed E-state index contributed by atoms with van der Waals surface area (Å²) >= 11 is 4.42. The van der Waals surface area contributed by atoms with Gasteiger partial charge in [-0.2, -0.15) is 4.99 Å². The maximum Gasteiger partial charge on any atom is 0.183 e. The summed E-state index contributed by atoms with van der Waals surface area (Å²) in [6.45, 7) is 1.50. The molecule has 0 radical (unpaired) electrons. The molecule has 4 N–H and O–H groups in total. The molecular weight excluding hydrogens is 282 g/mol. The topological polar surface area (TPSA) is 103 Å². The quantitative estimate of drug-likeness (QED) is 0.437. The van der Waals surface area contributed by atoms with Crippen LogP contribution in [0.25, 0.3) is 0 Å². The molecule has 1 aromatic rings. The van der Waals surface area contributed by atoms with E-state index in [1.165, 1.54) is 6.92 Å². The standard InChI is InChI=1S/C7H5NS.C6H12O5/c9-6-8-7-4-2-1-3-5-7;1-2-3(7)4(8)5(9)6(10)11-2/h1-5H;2-10H,1H3/t;2-,3-,4+,5+,6+/m.0/s1. The fraction of sp³-hybridized carbons (Fsp3) is 0.462. The lowest BCUT2D eigenvalue weighted by atomic mass is 10.0. The number of benzene rings is 1. The van der Waals surface area contributed by atoms with E-state index in [1.54, 1.807) is 0 Å². The number of rotatable bonds is 1. The normalized spacial score (nSPS) is 32.5. The van der Waals surface area contributed by atoms with Gasteiger partial charge in [0.2, 0.25) is 0 Å². The number of thiocarbonyl (C=S) groups is 1. The van der Waals surface area contributed by atoms with Crippen molar-refractivity contribution in [1.82, 2.24) is 0 Å². The SMILES string of the molecule is C[C@@H]1O[C@@H](O)[C@H](O)[C@H](O)[C@H]1O.S=C=Nc1ccccc1. The Balaban J connectivity index is 0.000000204. The molecule has 0 amide bonds. The highest BCUT2D eigenvalue weighted by Gasteiger charge is 2.40. The molecule has 1 heterocycles. The van der Waals surface area contributed by atoms with E-state index in [0.29, 0.717) is 0 Å². The Labute approximate surface area is 122 Å². The highest BCUT2D eigenvalue weighted by Crippen LogP contribution is 2.18. The monoisotopic (exact) mass is 299 g/mol. The van der Waals surface area contributed by atoms with Crippen LogP contribution in [0, 0.1) is 0 Å². The van der Waals surface area contributed by atoms with Crippen LogP contribution >= 0.6 is 12.2 Å². The van der Waals surface area contributed by atoms with Crippen molar-refractivity contribution >= 4 is 23.1 Å². The maximum atomic E-state index is 9.09. The maximum absolute atomic E-state index is 9.09. The molecule has 7 heteroatoms. The Morgan fingerprint density at radius 2 is 1.65 bits per heavy atom. The molecule has 110 valence electrons. The third kappa shape index (κ3) is 4.73. The minimum atomic E-state index is -1.43. The van der Waals surface area contributed by atoms with Gasteiger partial charge >= 0.3 is 0 Å². The number of nitrogens with zero attached hydrogens (tertiary/aromatic N) is 1. The van der Waals surface area contributed by atoms with Crippen molar-refractivity contribution in [3.05, 3.63) is 30.3 Å². The van der Waals surface area contributed by atoms with Gasteiger partial charge in [0.1, 0.15) is 18.3 Å². The molecule has 20 heavy (non-hydrogen) atoms. The summed E-state index contributed by atoms with van der Waals surface area (Å²) in [5.41, 5.74) is 0.854. The first-order valence-corrected chi connectivity index (χ1v) is 6.39. The van der Waals surface area contributed by atoms with Crippen LogP contribution in [-0.2, 0) is 4.74 Å². The van der Waals surface area contributed by atoms with E-state index >= 15 is 0 Å². The molecular formula is C13H17NO5S. The third-order valence-corrected chi connectivity index (χ3v) is 2.85. The predicted octanol–water partition coefficient (Wildman–Crippen LogP) is 0.227. The van der Waals surface area contributed by atoms with Crippen LogP contribution in [0.4, 0.5) is 5.69 Å². The highest BCUT2D eigenvalue weighted by molar-refractivity contribution is 7.78. The smallest absolute Gasteiger partial charge is 0.183 e. The minimum absolute atomic E-state index is 0.664. The molecule has 0 saturated carbocycles. The van der Waals surface area contributed by atoms with Gasteiger partial charge in [0.15, 0.2) is 6.29 Å². The lowest BCUT2D eigenvalue weighted by molar-refractivity contribution is -0.277. The zero-order valence-electron chi connectivity index (χ0n) is 10.8. The number of hydrogen-bond acceptors (Lipinski definition) is 7. The van der Waals surface area contributed by atoms with Crippen LogP contribution in [0.1, 0.15) is 6.92 Å². The molecule has 0 unspecified atom stereocenters. The van der Waals surface area contributed by atoms with Crippen LogP contribution in [0.15, 0.2) is 35.3 Å². The molecule has 2 rings (SSSR count). The van der Waals surface area contributed by atoms with Crippen molar-refractivity contribution in [3.8, 4) is 0 Å². The van der Waals surface area contributed by atoms with Crippen LogP contribution in [-0.4, -0.2) is 56.3 Å². The number of isothiocyanates is 1. The van der Waals surface area contributed by atoms with Gasteiger partial charge in [0.05, 0.1) is 17.0 Å². The number of aliphatic hydroxyl groups excluding tert-OH is 4. The van der Waals surface area contributed by atoms with E-state index in [9.17, 15) is 0 Å². The highest BCUT2D eigenvalue weighted by atomic mass is 32.1. The summed E-state index contributed by atoms with van der Waals surface area (Å²) in [5, 5.41) is 38.3. The van der Waals surface area contributed by atoms with E-state index in [1.807, 2.05) is 30.3 Å². The van der Waals surface area contributed by atoms with Gasteiger partial charge in [-0.15, -0.1) is 0 Å². The minimum Gasteiger partial charge on any atom is -0.388 e. The zero-order chi connectivity index (χ0) is 15.1. The molecule has 6 nitrogen and oxygen atoms in total. The van der Waals surface area contributed by atoms with Crippen LogP contribution < -0.4 is 0 Å². The van der Waals surface area contributed by atoms with E-state index in [2.05, 4.69) is 27.1 Å². The van der Waals surface area contributed by atoms with E-state index in [0.717, 1.165) is 5.69 Å². The molecule has 1 fully saturated rings. The average Bonchev–Trinajstić information content (AvgIpc) is 2.45. The van der Waals surface area contributed by atoms with Crippen LogP contribution in [0.5, 0.6) is 0 Å². The lowest BCUT2D eigenvalue weighted by Gasteiger charge is -2.36. The Bertz CT molecular complexity index is 437. The van der Waals surface area contributed by atoms with Crippen molar-refractivity contribution in [3.63, 3.8) is 0 Å². The predicted molar refractivity (Wildman–Crippen MR) is 75.7 cm³/mol. The Morgan fingerprint density at radius 1 is 1.05 bits per heavy atom. The van der Waals surface area contributed by atoms with E-state index in [4.69, 9.17) is 20.4 Å². The first-order chi connectivity index (χ1) is 9.47. The van der Waals surface area contributed by atoms with Gasteiger partial charge in [-0.3, -0.25) is 0 Å². The van der Waals surface area contributed by atoms with Crippen molar-refractivity contribution in [1.29, 1.82) is 0 Å². The molecule has 1 aliphatic heterocycles. The number of aliphatic hydroxyl groups is 4. The Hall–Kier alpha value is -1.18. The number of ether oxygens (including phenoxy) is 1. The summed E-state index contributed by atoms with van der Waals surface area (Å²) in [4.78, 5) is 3.77. The largest absolute Gasteiger partial charge is 0.388 e. The summed E-state index contributed by atoms with van der Waals surface area (Å²) < 4.78 is 4.68. The fourth-order valence-corrected chi connectivity index (χ4v) is 1.69. The molecule has 5 atom stereocenters. The summed E-state index contributed by atoms with van der Waals surface area (Å²) in [6, 6.07) is 9.50. The van der Waals surface area contributed by atoms with Crippen LogP contribution in [0.3, 0.4) is 0 Å². The molecule has 0 aliphatic carbocycles. The van der Waals surface area contributed by atoms with E-state index in [-0.39, 0.29) is 0 Å². The number of para-hydroxylation sites is 1. The van der Waals surface area contributed by atoms with E-state index < -0.39 is 30.7 Å². The second-order valence-electron chi connectivity index (χ2n) is 4.24. The summed E-state index contributed by atoms with van der Waals surface area (Å²) in [5.74, 6) is 0. The van der Waals surface area contributed by atoms with Gasteiger partial charge in [-0.25, -0.2) is 0 Å². The molecule has 0 bridgehead atoms. The fourth-order valence-electron chi connectivity index (χ4n) is 1.58. The first-order valence-electron chi connectivity index (χ1n) is 5.98. The van der Waals surface area contributed by atoms with Gasteiger partial charge in [-0.1, -0.05) is 18.2 Å². The van der Waals surface area contributed by atoms with Gasteiger partial charge in [-0.05, 0) is 31.3 Å². The number of hydrogen-bond donors (Lipinski definition) is 4. The van der Waals surface area contributed by atoms with Crippen LogP contribution in [0.2, 0.25) is 0 Å². The second-order valence-corrected chi connectivity index (χ2v) is 4.42. The molecule has 1 saturated heterocycles. The van der Waals surface area contributed by atoms with Crippen molar-refractivity contribution in [2.75, 3.05) is 0 Å². The van der Waals surface area contributed by atoms with Crippen molar-refractivity contribution in [2.24, 2.45) is 4.99 Å². The Kier molecular flexibility index (Phi) is 6.90. The molecule has 0 aromatic heterocycles. The van der Waals surface area contributed by atoms with Gasteiger partial charge < -0.3 is 25.2 Å². The summed E-state index contributed by atoms with van der Waals surface area (Å²) in [6.07, 6.45) is -5.99. The number of aliphatic imine (C=N–C) groups is 1. The third-order valence-electron chi connectivity index (χ3n) is 2.76. The lowest BCUT2D eigenvalue weighted by Crippen LogP contribution is -2.56. The molecule has 1 aromatic carbocycles. The first kappa shape index (κ1) is 16.9. The zero-order valence-corrected chi connectivity index (χ0v) is 11.6. The van der Waals surface area contributed by atoms with Crippen molar-refractivity contribution in [2.45, 2.75) is 37.6 Å². The molecule has 0 spiro atoms.